The molecule has 0 radical (unpaired) electrons. The zero-order chi connectivity index (χ0) is 15.0. The molecular formula is C15H16FN3OS. The quantitative estimate of drug-likeness (QED) is 0.897. The van der Waals surface area contributed by atoms with Crippen molar-refractivity contribution in [1.82, 2.24) is 4.90 Å². The lowest BCUT2D eigenvalue weighted by Crippen LogP contribution is -2.27. The number of hydrogen-bond donors (Lipinski definition) is 2. The Hall–Kier alpha value is -1.92. The molecule has 0 spiro atoms. The lowest BCUT2D eigenvalue weighted by atomic mass is 10.0. The fraction of sp³-hybridized carbons (Fsp3) is 0.267. The van der Waals surface area contributed by atoms with E-state index in [0.29, 0.717) is 16.3 Å². The number of benzene rings is 1. The minimum absolute atomic E-state index is 0.221. The summed E-state index contributed by atoms with van der Waals surface area (Å²) in [6.45, 7) is 1.74. The average Bonchev–Trinajstić information content (AvgIpc) is 2.76. The molecule has 3 N–H and O–H groups in total. The highest BCUT2D eigenvalue weighted by molar-refractivity contribution is 7.16. The summed E-state index contributed by atoms with van der Waals surface area (Å²) < 4.78 is 12.9. The maximum atomic E-state index is 12.9. The molecule has 1 amide bonds. The van der Waals surface area contributed by atoms with Crippen molar-refractivity contribution in [3.63, 3.8) is 0 Å². The summed E-state index contributed by atoms with van der Waals surface area (Å²) in [4.78, 5) is 15.8. The van der Waals surface area contributed by atoms with Gasteiger partial charge in [0, 0.05) is 23.7 Å². The third-order valence-electron chi connectivity index (χ3n) is 3.60. The van der Waals surface area contributed by atoms with Crippen molar-refractivity contribution in [3.8, 4) is 0 Å². The van der Waals surface area contributed by atoms with E-state index < -0.39 is 0 Å². The molecule has 110 valence electrons. The van der Waals surface area contributed by atoms with Gasteiger partial charge >= 0.3 is 0 Å². The molecule has 0 saturated carbocycles. The molecule has 2 heterocycles. The van der Waals surface area contributed by atoms with Gasteiger partial charge in [-0.05, 0) is 43.3 Å². The Balaban J connectivity index is 1.86. The van der Waals surface area contributed by atoms with Crippen LogP contribution in [-0.2, 0) is 13.0 Å². The number of likely N-dealkylation sites (N-methyl/N-ethyl adjacent to an activating group) is 1. The van der Waals surface area contributed by atoms with Crippen molar-refractivity contribution in [2.45, 2.75) is 13.0 Å². The van der Waals surface area contributed by atoms with Gasteiger partial charge in [-0.15, -0.1) is 11.3 Å². The molecule has 0 saturated heterocycles. The van der Waals surface area contributed by atoms with E-state index in [1.165, 1.54) is 35.6 Å². The number of rotatable bonds is 2. The number of halogens is 1. The van der Waals surface area contributed by atoms with Gasteiger partial charge < -0.3 is 16.0 Å². The first-order valence-corrected chi connectivity index (χ1v) is 7.51. The maximum Gasteiger partial charge on any atom is 0.258 e. The molecule has 0 fully saturated rings. The van der Waals surface area contributed by atoms with Gasteiger partial charge in [-0.25, -0.2) is 4.39 Å². The Labute approximate surface area is 126 Å². The van der Waals surface area contributed by atoms with E-state index in [0.717, 1.165) is 30.0 Å². The number of nitrogen functional groups attached to an aromatic ring is 1. The Morgan fingerprint density at radius 3 is 2.81 bits per heavy atom. The lowest BCUT2D eigenvalue weighted by molar-refractivity contribution is 0.102. The van der Waals surface area contributed by atoms with Crippen molar-refractivity contribution >= 4 is 27.9 Å². The Morgan fingerprint density at radius 2 is 2.10 bits per heavy atom. The summed E-state index contributed by atoms with van der Waals surface area (Å²) in [6, 6.07) is 5.71. The molecule has 1 aromatic carbocycles. The Morgan fingerprint density at radius 1 is 1.38 bits per heavy atom. The summed E-state index contributed by atoms with van der Waals surface area (Å²) in [5.74, 6) is -0.551. The maximum absolute atomic E-state index is 12.9. The highest BCUT2D eigenvalue weighted by Gasteiger charge is 2.25. The van der Waals surface area contributed by atoms with E-state index in [4.69, 9.17) is 5.73 Å². The smallest absolute Gasteiger partial charge is 0.258 e. The van der Waals surface area contributed by atoms with Gasteiger partial charge in [0.15, 0.2) is 0 Å². The van der Waals surface area contributed by atoms with Crippen LogP contribution in [0.5, 0.6) is 0 Å². The molecule has 0 bridgehead atoms. The van der Waals surface area contributed by atoms with E-state index in [-0.39, 0.29) is 11.7 Å². The van der Waals surface area contributed by atoms with Crippen molar-refractivity contribution in [3.05, 3.63) is 46.1 Å². The topological polar surface area (TPSA) is 58.4 Å². The van der Waals surface area contributed by atoms with E-state index in [2.05, 4.69) is 17.3 Å². The number of nitrogens with two attached hydrogens (primary N) is 1. The minimum Gasteiger partial charge on any atom is -0.390 e. The molecule has 21 heavy (non-hydrogen) atoms. The number of anilines is 2. The second kappa shape index (κ2) is 5.46. The standard InChI is InChI=1S/C15H16FN3OS/c1-19-7-6-11-12(8-19)21-14(17)13(11)15(20)18-10-4-2-9(16)3-5-10/h2-5H,6-8,17H2,1H3,(H,18,20). The van der Waals surface area contributed by atoms with Crippen LogP contribution in [0.2, 0.25) is 0 Å². The fourth-order valence-corrected chi connectivity index (χ4v) is 3.72. The monoisotopic (exact) mass is 305 g/mol. The number of fused-ring (bicyclic) bond motifs is 1. The van der Waals surface area contributed by atoms with Gasteiger partial charge in [-0.3, -0.25) is 4.79 Å². The molecule has 1 aromatic heterocycles. The van der Waals surface area contributed by atoms with E-state index in [1.807, 2.05) is 0 Å². The second-order valence-electron chi connectivity index (χ2n) is 5.19. The normalized spacial score (nSPS) is 14.8. The average molecular weight is 305 g/mol. The molecule has 0 unspecified atom stereocenters. The van der Waals surface area contributed by atoms with Crippen LogP contribution in [0.3, 0.4) is 0 Å². The molecule has 1 aliphatic rings. The molecular weight excluding hydrogens is 289 g/mol. The van der Waals surface area contributed by atoms with Gasteiger partial charge in [-0.2, -0.15) is 0 Å². The van der Waals surface area contributed by atoms with Gasteiger partial charge in [0.25, 0.3) is 5.91 Å². The first kappa shape index (κ1) is 14.0. The second-order valence-corrected chi connectivity index (χ2v) is 6.33. The molecule has 6 heteroatoms. The summed E-state index contributed by atoms with van der Waals surface area (Å²) in [7, 11) is 2.05. The van der Waals surface area contributed by atoms with Crippen LogP contribution in [0.4, 0.5) is 15.1 Å². The van der Waals surface area contributed by atoms with E-state index in [9.17, 15) is 9.18 Å². The Bertz CT molecular complexity index is 681. The van der Waals surface area contributed by atoms with Crippen LogP contribution >= 0.6 is 11.3 Å². The van der Waals surface area contributed by atoms with Gasteiger partial charge in [0.05, 0.1) is 10.6 Å². The number of carbonyl (C=O) groups excluding carboxylic acids is 1. The van der Waals surface area contributed by atoms with Crippen LogP contribution in [-0.4, -0.2) is 24.4 Å². The van der Waals surface area contributed by atoms with E-state index in [1.54, 1.807) is 0 Å². The number of nitrogens with one attached hydrogen (secondary N) is 1. The largest absolute Gasteiger partial charge is 0.390 e. The molecule has 0 atom stereocenters. The number of amides is 1. The zero-order valence-electron chi connectivity index (χ0n) is 11.6. The van der Waals surface area contributed by atoms with Crippen LogP contribution in [0.25, 0.3) is 0 Å². The van der Waals surface area contributed by atoms with Crippen LogP contribution in [0, 0.1) is 5.82 Å². The summed E-state index contributed by atoms with van der Waals surface area (Å²) in [6.07, 6.45) is 0.825. The fourth-order valence-electron chi connectivity index (χ4n) is 2.53. The first-order valence-electron chi connectivity index (χ1n) is 6.70. The summed E-state index contributed by atoms with van der Waals surface area (Å²) >= 11 is 1.48. The van der Waals surface area contributed by atoms with Crippen molar-refractivity contribution in [2.75, 3.05) is 24.6 Å². The number of nitrogens with zero attached hydrogens (tertiary/aromatic N) is 1. The highest BCUT2D eigenvalue weighted by Crippen LogP contribution is 2.35. The van der Waals surface area contributed by atoms with Gasteiger partial charge in [-0.1, -0.05) is 0 Å². The van der Waals surface area contributed by atoms with Crippen LogP contribution in [0.15, 0.2) is 24.3 Å². The summed E-state index contributed by atoms with van der Waals surface area (Å²) in [5.41, 5.74) is 8.22. The first-order chi connectivity index (χ1) is 10.0. The number of thiophene rings is 1. The summed E-state index contributed by atoms with van der Waals surface area (Å²) in [5, 5.41) is 3.33. The van der Waals surface area contributed by atoms with Crippen LogP contribution < -0.4 is 11.1 Å². The van der Waals surface area contributed by atoms with Gasteiger partial charge in [0.1, 0.15) is 5.82 Å². The minimum atomic E-state index is -0.330. The lowest BCUT2D eigenvalue weighted by Gasteiger charge is -2.22. The SMILES string of the molecule is CN1CCc2c(sc(N)c2C(=O)Nc2ccc(F)cc2)C1. The van der Waals surface area contributed by atoms with Crippen molar-refractivity contribution in [1.29, 1.82) is 0 Å². The predicted octanol–water partition coefficient (Wildman–Crippen LogP) is 2.71. The van der Waals surface area contributed by atoms with Crippen molar-refractivity contribution < 1.29 is 9.18 Å². The highest BCUT2D eigenvalue weighted by atomic mass is 32.1. The molecule has 1 aliphatic heterocycles. The Kier molecular flexibility index (Phi) is 3.65. The van der Waals surface area contributed by atoms with E-state index >= 15 is 0 Å². The third kappa shape index (κ3) is 2.77. The molecule has 4 nitrogen and oxygen atoms in total. The van der Waals surface area contributed by atoms with Crippen molar-refractivity contribution in [2.24, 2.45) is 0 Å². The third-order valence-corrected chi connectivity index (χ3v) is 4.65. The molecule has 2 aromatic rings. The predicted molar refractivity (Wildman–Crippen MR) is 83.1 cm³/mol. The van der Waals surface area contributed by atoms with Crippen LogP contribution in [0.1, 0.15) is 20.8 Å². The molecule has 0 aliphatic carbocycles. The number of carbonyl (C=O) groups is 1. The zero-order valence-corrected chi connectivity index (χ0v) is 12.5. The number of hydrogen-bond acceptors (Lipinski definition) is 4. The van der Waals surface area contributed by atoms with Gasteiger partial charge in [0.2, 0.25) is 0 Å². The molecule has 3 rings (SSSR count).